The van der Waals surface area contributed by atoms with E-state index in [1.807, 2.05) is 24.3 Å². The molecule has 3 nitrogen and oxygen atoms in total. The maximum absolute atomic E-state index is 11.2. The zero-order valence-corrected chi connectivity index (χ0v) is 12.3. The normalized spacial score (nSPS) is 12.7. The number of carbonyl (C=O) groups is 1. The Morgan fingerprint density at radius 3 is 2.44 bits per heavy atom. The van der Waals surface area contributed by atoms with Crippen LogP contribution in [0.15, 0.2) is 28.7 Å². The molecular weight excluding hydrogens is 296 g/mol. The lowest BCUT2D eigenvalue weighted by Crippen LogP contribution is -2.15. The van der Waals surface area contributed by atoms with Gasteiger partial charge in [-0.05, 0) is 30.0 Å². The molecule has 1 aromatic rings. The Labute approximate surface area is 116 Å². The van der Waals surface area contributed by atoms with Crippen molar-refractivity contribution in [1.82, 2.24) is 0 Å². The molecule has 0 aliphatic heterocycles. The van der Waals surface area contributed by atoms with Gasteiger partial charge in [-0.1, -0.05) is 41.9 Å². The molecule has 0 saturated heterocycles. The summed E-state index contributed by atoms with van der Waals surface area (Å²) >= 11 is 3.34. The second kappa shape index (κ2) is 7.54. The van der Waals surface area contributed by atoms with E-state index >= 15 is 0 Å². The van der Waals surface area contributed by atoms with Crippen molar-refractivity contribution in [3.05, 3.63) is 34.3 Å². The third kappa shape index (κ3) is 5.19. The molecule has 1 atom stereocenters. The number of benzene rings is 1. The maximum atomic E-state index is 11.2. The van der Waals surface area contributed by atoms with E-state index in [1.165, 1.54) is 0 Å². The molecule has 18 heavy (non-hydrogen) atoms. The highest BCUT2D eigenvalue weighted by atomic mass is 79.9. The first-order valence-corrected chi connectivity index (χ1v) is 6.86. The highest BCUT2D eigenvalue weighted by Crippen LogP contribution is 2.22. The molecule has 0 radical (unpaired) electrons. The number of hydrogen-bond acceptors (Lipinski definition) is 2. The van der Waals surface area contributed by atoms with Crippen molar-refractivity contribution in [2.45, 2.75) is 26.2 Å². The van der Waals surface area contributed by atoms with Crippen LogP contribution in [0.1, 0.15) is 31.7 Å². The van der Waals surface area contributed by atoms with Crippen LogP contribution in [0.25, 0.3) is 0 Å². The lowest BCUT2D eigenvalue weighted by atomic mass is 9.96. The minimum absolute atomic E-state index is 0.473. The first-order chi connectivity index (χ1) is 8.50. The second-order valence-corrected chi connectivity index (χ2v) is 5.62. The number of ether oxygens (including phenoxy) is 1. The number of carboxylic acids is 1. The fourth-order valence-corrected chi connectivity index (χ4v) is 1.91. The molecule has 0 aliphatic rings. The van der Waals surface area contributed by atoms with Gasteiger partial charge in [0.2, 0.25) is 0 Å². The van der Waals surface area contributed by atoms with E-state index < -0.39 is 11.9 Å². The topological polar surface area (TPSA) is 46.5 Å². The molecule has 1 rings (SSSR count). The van der Waals surface area contributed by atoms with E-state index in [0.717, 1.165) is 10.0 Å². The van der Waals surface area contributed by atoms with Crippen LogP contribution in [0.4, 0.5) is 0 Å². The third-order valence-corrected chi connectivity index (χ3v) is 3.10. The fraction of sp³-hybridized carbons (Fsp3) is 0.500. The van der Waals surface area contributed by atoms with Gasteiger partial charge in [0.1, 0.15) is 0 Å². The summed E-state index contributed by atoms with van der Waals surface area (Å²) in [6.07, 6.45) is 0.504. The highest BCUT2D eigenvalue weighted by Gasteiger charge is 2.19. The van der Waals surface area contributed by atoms with E-state index in [0.29, 0.717) is 25.6 Å². The standard InChI is InChI=1S/C14H19BrO3/c1-10(2)9-18-8-7-13(14(16)17)11-3-5-12(15)6-4-11/h3-6,10,13H,7-9H2,1-2H3,(H,16,17). The Kier molecular flexibility index (Phi) is 6.36. The van der Waals surface area contributed by atoms with Gasteiger partial charge in [0.25, 0.3) is 0 Å². The van der Waals surface area contributed by atoms with Gasteiger partial charge in [-0.15, -0.1) is 0 Å². The van der Waals surface area contributed by atoms with Crippen LogP contribution in [0.2, 0.25) is 0 Å². The molecule has 0 spiro atoms. The average molecular weight is 315 g/mol. The second-order valence-electron chi connectivity index (χ2n) is 4.70. The van der Waals surface area contributed by atoms with Gasteiger partial charge in [0.05, 0.1) is 5.92 Å². The molecule has 0 bridgehead atoms. The van der Waals surface area contributed by atoms with Crippen molar-refractivity contribution < 1.29 is 14.6 Å². The van der Waals surface area contributed by atoms with E-state index in [9.17, 15) is 9.90 Å². The molecule has 0 saturated carbocycles. The first kappa shape index (κ1) is 15.2. The summed E-state index contributed by atoms with van der Waals surface area (Å²) in [6.45, 7) is 5.30. The van der Waals surface area contributed by atoms with Crippen LogP contribution >= 0.6 is 15.9 Å². The van der Waals surface area contributed by atoms with E-state index in [4.69, 9.17) is 4.74 Å². The third-order valence-electron chi connectivity index (χ3n) is 2.57. The molecule has 0 amide bonds. The fourth-order valence-electron chi connectivity index (χ4n) is 1.65. The number of carboxylic acid groups (broad SMARTS) is 1. The SMILES string of the molecule is CC(C)COCCC(C(=O)O)c1ccc(Br)cc1. The van der Waals surface area contributed by atoms with Crippen LogP contribution in [-0.2, 0) is 9.53 Å². The maximum Gasteiger partial charge on any atom is 0.311 e. The Balaban J connectivity index is 2.55. The van der Waals surface area contributed by atoms with Crippen molar-refractivity contribution in [3.8, 4) is 0 Å². The minimum Gasteiger partial charge on any atom is -0.481 e. The summed E-state index contributed by atoms with van der Waals surface area (Å²) in [6, 6.07) is 7.40. The lowest BCUT2D eigenvalue weighted by Gasteiger charge is -2.13. The van der Waals surface area contributed by atoms with Crippen LogP contribution in [-0.4, -0.2) is 24.3 Å². The molecule has 100 valence electrons. The molecule has 0 fully saturated rings. The summed E-state index contributed by atoms with van der Waals surface area (Å²) in [4.78, 5) is 11.2. The molecule has 0 aliphatic carbocycles. The van der Waals surface area contributed by atoms with Gasteiger partial charge >= 0.3 is 5.97 Å². The Morgan fingerprint density at radius 2 is 1.94 bits per heavy atom. The summed E-state index contributed by atoms with van der Waals surface area (Å²) in [5.74, 6) is -0.823. The average Bonchev–Trinajstić information content (AvgIpc) is 2.30. The van der Waals surface area contributed by atoms with Crippen LogP contribution in [0.5, 0.6) is 0 Å². The molecule has 0 aromatic heterocycles. The predicted molar refractivity (Wildman–Crippen MR) is 74.8 cm³/mol. The molecule has 4 heteroatoms. The van der Waals surface area contributed by atoms with Gasteiger partial charge < -0.3 is 9.84 Å². The molecule has 1 N–H and O–H groups in total. The highest BCUT2D eigenvalue weighted by molar-refractivity contribution is 9.10. The summed E-state index contributed by atoms with van der Waals surface area (Å²) < 4.78 is 6.40. The van der Waals surface area contributed by atoms with E-state index in [2.05, 4.69) is 29.8 Å². The van der Waals surface area contributed by atoms with Gasteiger partial charge in [-0.3, -0.25) is 4.79 Å². The summed E-state index contributed by atoms with van der Waals surface area (Å²) in [7, 11) is 0. The number of rotatable bonds is 7. The molecule has 1 unspecified atom stereocenters. The first-order valence-electron chi connectivity index (χ1n) is 6.06. The summed E-state index contributed by atoms with van der Waals surface area (Å²) in [5.41, 5.74) is 0.818. The number of halogens is 1. The Bertz CT molecular complexity index is 373. The molecular formula is C14H19BrO3. The van der Waals surface area contributed by atoms with Crippen LogP contribution in [0.3, 0.4) is 0 Å². The van der Waals surface area contributed by atoms with Gasteiger partial charge in [-0.2, -0.15) is 0 Å². The van der Waals surface area contributed by atoms with Crippen LogP contribution in [0, 0.1) is 5.92 Å². The van der Waals surface area contributed by atoms with Gasteiger partial charge in [-0.25, -0.2) is 0 Å². The van der Waals surface area contributed by atoms with Crippen molar-refractivity contribution >= 4 is 21.9 Å². The Morgan fingerprint density at radius 1 is 1.33 bits per heavy atom. The predicted octanol–water partition coefficient (Wildman–Crippen LogP) is 3.68. The lowest BCUT2D eigenvalue weighted by molar-refractivity contribution is -0.139. The van der Waals surface area contributed by atoms with Crippen molar-refractivity contribution in [3.63, 3.8) is 0 Å². The van der Waals surface area contributed by atoms with Crippen molar-refractivity contribution in [1.29, 1.82) is 0 Å². The monoisotopic (exact) mass is 314 g/mol. The van der Waals surface area contributed by atoms with Crippen molar-refractivity contribution in [2.75, 3.05) is 13.2 Å². The number of hydrogen-bond donors (Lipinski definition) is 1. The van der Waals surface area contributed by atoms with E-state index in [-0.39, 0.29) is 0 Å². The number of aliphatic carboxylic acids is 1. The minimum atomic E-state index is -0.800. The Hall–Kier alpha value is -0.870. The van der Waals surface area contributed by atoms with E-state index in [1.54, 1.807) is 0 Å². The van der Waals surface area contributed by atoms with Gasteiger partial charge in [0, 0.05) is 17.7 Å². The van der Waals surface area contributed by atoms with Crippen molar-refractivity contribution in [2.24, 2.45) is 5.92 Å². The van der Waals surface area contributed by atoms with Crippen LogP contribution < -0.4 is 0 Å². The zero-order valence-electron chi connectivity index (χ0n) is 10.7. The summed E-state index contributed by atoms with van der Waals surface area (Å²) in [5, 5.41) is 9.24. The quantitative estimate of drug-likeness (QED) is 0.781. The molecule has 0 heterocycles. The zero-order chi connectivity index (χ0) is 13.5. The largest absolute Gasteiger partial charge is 0.481 e. The smallest absolute Gasteiger partial charge is 0.311 e. The molecule has 1 aromatic carbocycles. The van der Waals surface area contributed by atoms with Gasteiger partial charge in [0.15, 0.2) is 0 Å².